The van der Waals surface area contributed by atoms with Crippen LogP contribution in [-0.4, -0.2) is 34.6 Å². The van der Waals surface area contributed by atoms with Gasteiger partial charge in [-0.2, -0.15) is 0 Å². The molecule has 7 heteroatoms. The Kier molecular flexibility index (Phi) is 5.93. The molecule has 0 aromatic rings. The molecule has 0 saturated heterocycles. The highest BCUT2D eigenvalue weighted by Crippen LogP contribution is 2.65. The van der Waals surface area contributed by atoms with E-state index in [1.54, 1.807) is 0 Å². The number of carbonyl (C=O) groups is 3. The summed E-state index contributed by atoms with van der Waals surface area (Å²) in [6.07, 6.45) is 7.89. The number of Topliss-reactive ketones (excluding diaryl/α,β-unsaturated/α-hetero) is 1. The molecule has 1 N–H and O–H groups in total. The number of fused-ring (bicyclic) bond motifs is 5. The largest absolute Gasteiger partial charge is 0.463 e. The second-order valence-corrected chi connectivity index (χ2v) is 11.7. The number of amides is 1. The van der Waals surface area contributed by atoms with Crippen molar-refractivity contribution in [2.24, 2.45) is 34.5 Å². The number of nitrogens with one attached hydrogen (secondary N) is 1. The van der Waals surface area contributed by atoms with Gasteiger partial charge in [-0.3, -0.25) is 14.4 Å². The number of hydrogen-bond acceptors (Lipinski definition) is 4. The van der Waals surface area contributed by atoms with E-state index in [2.05, 4.69) is 19.2 Å². The SMILES string of the molecule is CC(=O)O[C@H]1CC[C@@]2(C)[C@@H](CC[C@@H]3[C@@H]2CC[C@]2(C)C(=O)[C@@H](NC(=O)C(Cl)Cl)C[C@@H]32)C1. The molecule has 30 heavy (non-hydrogen) atoms. The normalized spacial score (nSPS) is 45.3. The molecule has 8 atom stereocenters. The van der Waals surface area contributed by atoms with Crippen LogP contribution < -0.4 is 5.32 Å². The van der Waals surface area contributed by atoms with Crippen molar-refractivity contribution in [2.75, 3.05) is 0 Å². The van der Waals surface area contributed by atoms with Crippen LogP contribution >= 0.6 is 23.2 Å². The van der Waals surface area contributed by atoms with E-state index in [1.807, 2.05) is 0 Å². The molecule has 0 unspecified atom stereocenters. The summed E-state index contributed by atoms with van der Waals surface area (Å²) in [5.74, 6) is 1.45. The summed E-state index contributed by atoms with van der Waals surface area (Å²) in [5.41, 5.74) is -0.131. The van der Waals surface area contributed by atoms with Crippen molar-refractivity contribution in [3.8, 4) is 0 Å². The quantitative estimate of drug-likeness (QED) is 0.502. The summed E-state index contributed by atoms with van der Waals surface area (Å²) in [5, 5.41) is 2.79. The smallest absolute Gasteiger partial charge is 0.302 e. The van der Waals surface area contributed by atoms with Gasteiger partial charge in [-0.05, 0) is 80.5 Å². The molecule has 5 nitrogen and oxygen atoms in total. The van der Waals surface area contributed by atoms with Crippen molar-refractivity contribution in [1.29, 1.82) is 0 Å². The molecule has 4 rings (SSSR count). The summed E-state index contributed by atoms with van der Waals surface area (Å²) in [6, 6.07) is -0.475. The van der Waals surface area contributed by atoms with Crippen molar-refractivity contribution in [1.82, 2.24) is 5.32 Å². The summed E-state index contributed by atoms with van der Waals surface area (Å²) in [6.45, 7) is 6.03. The van der Waals surface area contributed by atoms with Gasteiger partial charge in [0.05, 0.1) is 6.04 Å². The van der Waals surface area contributed by atoms with Gasteiger partial charge in [0.25, 0.3) is 5.91 Å². The molecular formula is C23H33Cl2NO4. The first-order valence-electron chi connectivity index (χ1n) is 11.4. The second kappa shape index (κ2) is 7.95. The number of rotatable bonds is 3. The van der Waals surface area contributed by atoms with Gasteiger partial charge in [-0.1, -0.05) is 37.0 Å². The first kappa shape index (κ1) is 22.4. The van der Waals surface area contributed by atoms with Crippen LogP contribution in [0.1, 0.15) is 72.1 Å². The van der Waals surface area contributed by atoms with E-state index in [0.717, 1.165) is 44.9 Å². The predicted molar refractivity (Wildman–Crippen MR) is 115 cm³/mol. The topological polar surface area (TPSA) is 72.5 Å². The maximum absolute atomic E-state index is 13.3. The molecule has 0 aliphatic heterocycles. The molecule has 0 spiro atoms. The van der Waals surface area contributed by atoms with Crippen LogP contribution in [0, 0.1) is 34.5 Å². The van der Waals surface area contributed by atoms with E-state index in [9.17, 15) is 14.4 Å². The molecule has 0 aromatic heterocycles. The number of carbonyl (C=O) groups excluding carboxylic acids is 3. The zero-order chi connectivity index (χ0) is 21.8. The number of esters is 1. The van der Waals surface area contributed by atoms with Crippen molar-refractivity contribution in [2.45, 2.75) is 89.1 Å². The van der Waals surface area contributed by atoms with Crippen LogP contribution in [0.25, 0.3) is 0 Å². The lowest BCUT2D eigenvalue weighted by Crippen LogP contribution is -2.54. The molecule has 4 fully saturated rings. The standard InChI is InChI=1S/C23H33Cl2NO4/c1-12(27)30-14-6-8-22(2)13(10-14)4-5-15-16(22)7-9-23(3)17(15)11-18(19(23)28)26-21(29)20(24)25/h13-18,20H,4-11H2,1-3H3,(H,26,29)/t13-,14-,15+,16-,17-,18-,22-,23-/m0/s1. The van der Waals surface area contributed by atoms with Crippen LogP contribution in [0.4, 0.5) is 0 Å². The highest BCUT2D eigenvalue weighted by Gasteiger charge is 2.62. The minimum Gasteiger partial charge on any atom is -0.463 e. The maximum Gasteiger partial charge on any atom is 0.302 e. The first-order valence-corrected chi connectivity index (χ1v) is 12.2. The van der Waals surface area contributed by atoms with Crippen LogP contribution in [0.2, 0.25) is 0 Å². The Morgan fingerprint density at radius 3 is 2.47 bits per heavy atom. The van der Waals surface area contributed by atoms with Crippen LogP contribution in [-0.2, 0) is 19.1 Å². The number of hydrogen-bond donors (Lipinski definition) is 1. The molecule has 4 aliphatic carbocycles. The average Bonchev–Trinajstić information content (AvgIpc) is 2.92. The Morgan fingerprint density at radius 2 is 1.80 bits per heavy atom. The van der Waals surface area contributed by atoms with E-state index in [-0.39, 0.29) is 28.7 Å². The fraction of sp³-hybridized carbons (Fsp3) is 0.870. The van der Waals surface area contributed by atoms with Gasteiger partial charge in [-0.15, -0.1) is 0 Å². The zero-order valence-electron chi connectivity index (χ0n) is 18.1. The third kappa shape index (κ3) is 3.58. The monoisotopic (exact) mass is 457 g/mol. The van der Waals surface area contributed by atoms with E-state index in [4.69, 9.17) is 27.9 Å². The molecule has 4 aliphatic rings. The van der Waals surface area contributed by atoms with E-state index < -0.39 is 16.8 Å². The van der Waals surface area contributed by atoms with Gasteiger partial charge in [-0.25, -0.2) is 0 Å². The van der Waals surface area contributed by atoms with Crippen LogP contribution in [0.5, 0.6) is 0 Å². The lowest BCUT2D eigenvalue weighted by atomic mass is 9.45. The Bertz CT molecular complexity index is 743. The Hall–Kier alpha value is -0.810. The maximum atomic E-state index is 13.3. The average molecular weight is 458 g/mol. The molecular weight excluding hydrogens is 425 g/mol. The van der Waals surface area contributed by atoms with Crippen molar-refractivity contribution < 1.29 is 19.1 Å². The highest BCUT2D eigenvalue weighted by molar-refractivity contribution is 6.53. The lowest BCUT2D eigenvalue weighted by molar-refractivity contribution is -0.160. The Labute approximate surface area is 188 Å². The molecule has 0 aromatic carbocycles. The van der Waals surface area contributed by atoms with Crippen LogP contribution in [0.15, 0.2) is 0 Å². The molecule has 0 radical (unpaired) electrons. The summed E-state index contributed by atoms with van der Waals surface area (Å²) >= 11 is 11.4. The highest BCUT2D eigenvalue weighted by atomic mass is 35.5. The third-order valence-electron chi connectivity index (χ3n) is 9.22. The second-order valence-electron chi connectivity index (χ2n) is 10.6. The molecule has 1 amide bonds. The van der Waals surface area contributed by atoms with Gasteiger partial charge in [0, 0.05) is 12.3 Å². The van der Waals surface area contributed by atoms with Crippen molar-refractivity contribution >= 4 is 40.9 Å². The molecule has 0 bridgehead atoms. The Morgan fingerprint density at radius 1 is 1.07 bits per heavy atom. The van der Waals surface area contributed by atoms with Crippen molar-refractivity contribution in [3.05, 3.63) is 0 Å². The van der Waals surface area contributed by atoms with E-state index >= 15 is 0 Å². The molecule has 0 heterocycles. The van der Waals surface area contributed by atoms with Gasteiger partial charge >= 0.3 is 5.97 Å². The lowest BCUT2D eigenvalue weighted by Gasteiger charge is -2.60. The number of halogens is 2. The summed E-state index contributed by atoms with van der Waals surface area (Å²) in [4.78, 5) is 35.5. The first-order chi connectivity index (χ1) is 14.1. The van der Waals surface area contributed by atoms with E-state index in [0.29, 0.717) is 30.1 Å². The number of ketones is 1. The number of ether oxygens (including phenoxy) is 1. The van der Waals surface area contributed by atoms with Crippen LogP contribution in [0.3, 0.4) is 0 Å². The molecule has 168 valence electrons. The minimum atomic E-state index is -1.15. The minimum absolute atomic E-state index is 0.0534. The predicted octanol–water partition coefficient (Wildman–Crippen LogP) is 4.43. The van der Waals surface area contributed by atoms with Gasteiger partial charge in [0.1, 0.15) is 6.10 Å². The van der Waals surface area contributed by atoms with E-state index in [1.165, 1.54) is 6.92 Å². The summed E-state index contributed by atoms with van der Waals surface area (Å²) in [7, 11) is 0. The molecule has 4 saturated carbocycles. The zero-order valence-corrected chi connectivity index (χ0v) is 19.6. The summed E-state index contributed by atoms with van der Waals surface area (Å²) < 4.78 is 5.55. The van der Waals surface area contributed by atoms with Gasteiger partial charge < -0.3 is 10.1 Å². The van der Waals surface area contributed by atoms with Gasteiger partial charge in [0.15, 0.2) is 10.6 Å². The fourth-order valence-electron chi connectivity index (χ4n) is 7.74. The van der Waals surface area contributed by atoms with Gasteiger partial charge in [0.2, 0.25) is 0 Å². The number of alkyl halides is 2. The van der Waals surface area contributed by atoms with Crippen molar-refractivity contribution in [3.63, 3.8) is 0 Å². The third-order valence-corrected chi connectivity index (χ3v) is 9.62. The Balaban J connectivity index is 1.51. The fourth-order valence-corrected chi connectivity index (χ4v) is 7.87.